The number of ether oxygens (including phenoxy) is 1. The maximum atomic E-state index is 10.2. The molecule has 10 nitrogen and oxygen atoms in total. The van der Waals surface area contributed by atoms with Crippen molar-refractivity contribution in [2.24, 2.45) is 0 Å². The third kappa shape index (κ3) is 3.07. The molecule has 2 aromatic rings. The second kappa shape index (κ2) is 7.18. The number of aliphatic hydroxyl groups is 3. The van der Waals surface area contributed by atoms with Gasteiger partial charge in [-0.25, -0.2) is 15.0 Å². The van der Waals surface area contributed by atoms with Crippen molar-refractivity contribution in [1.29, 1.82) is 0 Å². The first kappa shape index (κ1) is 18.0. The molecule has 0 bridgehead atoms. The number of rotatable bonds is 4. The van der Waals surface area contributed by atoms with E-state index >= 15 is 0 Å². The Morgan fingerprint density at radius 2 is 1.92 bits per heavy atom. The first-order valence-corrected chi connectivity index (χ1v) is 8.25. The van der Waals surface area contributed by atoms with Gasteiger partial charge in [0, 0.05) is 6.04 Å². The lowest BCUT2D eigenvalue weighted by Crippen LogP contribution is -2.33. The van der Waals surface area contributed by atoms with Gasteiger partial charge >= 0.3 is 0 Å². The molecule has 4 rings (SSSR count). The van der Waals surface area contributed by atoms with Crippen LogP contribution < -0.4 is 5.32 Å². The van der Waals surface area contributed by atoms with Gasteiger partial charge in [-0.2, -0.15) is 0 Å². The molecule has 1 unspecified atom stereocenters. The Hall–Kier alpha value is -1.85. The van der Waals surface area contributed by atoms with Crippen LogP contribution in [0, 0.1) is 0 Å². The Morgan fingerprint density at radius 3 is 2.60 bits per heavy atom. The van der Waals surface area contributed by atoms with Crippen molar-refractivity contribution in [1.82, 2.24) is 19.5 Å². The average molecular weight is 353 g/mol. The monoisotopic (exact) mass is 353 g/mol. The van der Waals surface area contributed by atoms with E-state index in [2.05, 4.69) is 20.3 Å². The van der Waals surface area contributed by atoms with Gasteiger partial charge in [0.25, 0.3) is 0 Å². The van der Waals surface area contributed by atoms with Crippen LogP contribution in [-0.2, 0) is 4.74 Å². The summed E-state index contributed by atoms with van der Waals surface area (Å²) < 4.78 is 7.12. The largest absolute Gasteiger partial charge is 0.412 e. The van der Waals surface area contributed by atoms with Crippen LogP contribution in [0.1, 0.15) is 31.9 Å². The zero-order valence-corrected chi connectivity index (χ0v) is 13.6. The molecule has 138 valence electrons. The highest BCUT2D eigenvalue weighted by molar-refractivity contribution is 5.82. The Morgan fingerprint density at radius 1 is 1.16 bits per heavy atom. The fraction of sp³-hybridized carbons (Fsp3) is 0.667. The van der Waals surface area contributed by atoms with Crippen molar-refractivity contribution in [3.63, 3.8) is 0 Å². The molecule has 3 heterocycles. The summed E-state index contributed by atoms with van der Waals surface area (Å²) in [5, 5.41) is 32.8. The average Bonchev–Trinajstić information content (AvgIpc) is 3.30. The highest BCUT2D eigenvalue weighted by Crippen LogP contribution is 2.32. The molecule has 0 radical (unpaired) electrons. The summed E-state index contributed by atoms with van der Waals surface area (Å²) in [5.74, 6) is 0.664. The Bertz CT molecular complexity index is 719. The van der Waals surface area contributed by atoms with Gasteiger partial charge < -0.3 is 30.8 Å². The van der Waals surface area contributed by atoms with Crippen LogP contribution in [-0.4, -0.2) is 71.3 Å². The van der Waals surface area contributed by atoms with Gasteiger partial charge in [-0.1, -0.05) is 12.8 Å². The van der Waals surface area contributed by atoms with Crippen LogP contribution in [0.4, 0.5) is 5.82 Å². The van der Waals surface area contributed by atoms with Crippen LogP contribution in [0.3, 0.4) is 0 Å². The minimum Gasteiger partial charge on any atom is -0.412 e. The number of imidazole rings is 1. The molecule has 1 aliphatic heterocycles. The Labute approximate surface area is 143 Å². The van der Waals surface area contributed by atoms with Crippen LogP contribution in [0.5, 0.6) is 0 Å². The van der Waals surface area contributed by atoms with E-state index in [1.54, 1.807) is 4.57 Å². The summed E-state index contributed by atoms with van der Waals surface area (Å²) in [7, 11) is 0. The SMILES string of the molecule is O.OC[C@H]1O[C@@H](n2cnc3c(NC4CCCC4)ncnc32)C(O)[C@H]1O. The molecule has 2 aromatic heterocycles. The van der Waals surface area contributed by atoms with E-state index in [-0.39, 0.29) is 12.1 Å². The van der Waals surface area contributed by atoms with Gasteiger partial charge in [-0.3, -0.25) is 4.57 Å². The lowest BCUT2D eigenvalue weighted by atomic mass is 10.1. The van der Waals surface area contributed by atoms with Crippen molar-refractivity contribution in [3.05, 3.63) is 12.7 Å². The van der Waals surface area contributed by atoms with Gasteiger partial charge in [0.1, 0.15) is 24.6 Å². The van der Waals surface area contributed by atoms with Crippen molar-refractivity contribution in [3.8, 4) is 0 Å². The van der Waals surface area contributed by atoms with E-state index in [9.17, 15) is 15.3 Å². The standard InChI is InChI=1S/C15H21N5O4.H2O/c21-5-9-11(22)12(23)15(24-9)20-7-18-10-13(16-6-17-14(10)20)19-8-3-1-2-4-8;/h6-9,11-12,15,21-23H,1-5H2,(H,16,17,19);1H2/t9-,11+,12?,15-;/m1./s1. The van der Waals surface area contributed by atoms with Gasteiger partial charge in [-0.05, 0) is 12.8 Å². The van der Waals surface area contributed by atoms with Gasteiger partial charge in [0.05, 0.1) is 12.9 Å². The molecule has 1 saturated carbocycles. The van der Waals surface area contributed by atoms with Gasteiger partial charge in [0.2, 0.25) is 0 Å². The molecule has 0 aromatic carbocycles. The van der Waals surface area contributed by atoms with Gasteiger partial charge in [-0.15, -0.1) is 0 Å². The van der Waals surface area contributed by atoms with E-state index in [0.717, 1.165) is 12.8 Å². The maximum Gasteiger partial charge on any atom is 0.167 e. The van der Waals surface area contributed by atoms with Crippen LogP contribution in [0.25, 0.3) is 11.2 Å². The molecule has 4 atom stereocenters. The molecule has 1 saturated heterocycles. The van der Waals surface area contributed by atoms with E-state index < -0.39 is 24.5 Å². The smallest absolute Gasteiger partial charge is 0.167 e. The number of aromatic nitrogens is 4. The third-order valence-corrected chi connectivity index (χ3v) is 4.85. The first-order chi connectivity index (χ1) is 11.7. The second-order valence-electron chi connectivity index (χ2n) is 6.40. The fourth-order valence-corrected chi connectivity index (χ4v) is 3.52. The van der Waals surface area contributed by atoms with Crippen LogP contribution in [0.15, 0.2) is 12.7 Å². The lowest BCUT2D eigenvalue weighted by Gasteiger charge is -2.17. The number of aliphatic hydroxyl groups excluding tert-OH is 3. The van der Waals surface area contributed by atoms with Crippen molar-refractivity contribution in [2.45, 2.75) is 56.3 Å². The Kier molecular flexibility index (Phi) is 5.16. The summed E-state index contributed by atoms with van der Waals surface area (Å²) in [5.41, 5.74) is 1.11. The number of anilines is 1. The minimum absolute atomic E-state index is 0. The lowest BCUT2D eigenvalue weighted by molar-refractivity contribution is -0.0511. The van der Waals surface area contributed by atoms with Gasteiger partial charge in [0.15, 0.2) is 23.2 Å². The molecular formula is C15H23N5O5. The number of hydrogen-bond acceptors (Lipinski definition) is 8. The molecule has 2 fully saturated rings. The molecule has 10 heteroatoms. The number of nitrogens with one attached hydrogen (secondary N) is 1. The van der Waals surface area contributed by atoms with E-state index in [4.69, 9.17) is 4.74 Å². The maximum absolute atomic E-state index is 10.2. The molecule has 25 heavy (non-hydrogen) atoms. The van der Waals surface area contributed by atoms with E-state index in [1.807, 2.05) is 0 Å². The summed E-state index contributed by atoms with van der Waals surface area (Å²) >= 11 is 0. The summed E-state index contributed by atoms with van der Waals surface area (Å²) in [6.07, 6.45) is 3.60. The summed E-state index contributed by atoms with van der Waals surface area (Å²) in [6.45, 7) is -0.370. The third-order valence-electron chi connectivity index (χ3n) is 4.85. The van der Waals surface area contributed by atoms with Crippen LogP contribution in [0.2, 0.25) is 0 Å². The van der Waals surface area contributed by atoms with E-state index in [1.165, 1.54) is 25.5 Å². The molecule has 2 aliphatic rings. The molecule has 0 amide bonds. The predicted octanol–water partition coefficient (Wildman–Crippen LogP) is -1.03. The van der Waals surface area contributed by atoms with Crippen molar-refractivity contribution < 1.29 is 25.5 Å². The zero-order chi connectivity index (χ0) is 16.7. The molecule has 0 spiro atoms. The van der Waals surface area contributed by atoms with Crippen LogP contribution >= 0.6 is 0 Å². The summed E-state index contributed by atoms with van der Waals surface area (Å²) in [6, 6.07) is 0.391. The second-order valence-corrected chi connectivity index (χ2v) is 6.40. The number of fused-ring (bicyclic) bond motifs is 1. The topological polar surface area (TPSA) is 157 Å². The number of nitrogens with zero attached hydrogens (tertiary/aromatic N) is 4. The number of hydrogen-bond donors (Lipinski definition) is 4. The quantitative estimate of drug-likeness (QED) is 0.543. The first-order valence-electron chi connectivity index (χ1n) is 8.25. The van der Waals surface area contributed by atoms with E-state index in [0.29, 0.717) is 23.0 Å². The molecular weight excluding hydrogens is 330 g/mol. The highest BCUT2D eigenvalue weighted by atomic mass is 16.6. The zero-order valence-electron chi connectivity index (χ0n) is 13.6. The predicted molar refractivity (Wildman–Crippen MR) is 87.8 cm³/mol. The normalized spacial score (nSPS) is 29.9. The van der Waals surface area contributed by atoms with Crippen molar-refractivity contribution in [2.75, 3.05) is 11.9 Å². The summed E-state index contributed by atoms with van der Waals surface area (Å²) in [4.78, 5) is 12.9. The highest BCUT2D eigenvalue weighted by Gasteiger charge is 2.44. The Balaban J connectivity index is 0.00000182. The van der Waals surface area contributed by atoms with Crippen molar-refractivity contribution >= 4 is 17.0 Å². The molecule has 1 aliphatic carbocycles. The fourth-order valence-electron chi connectivity index (χ4n) is 3.52. The molecule has 6 N–H and O–H groups in total. The minimum atomic E-state index is -1.17.